The number of ketones is 2. The van der Waals surface area contributed by atoms with Gasteiger partial charge < -0.3 is 0 Å². The molecule has 1 unspecified atom stereocenters. The van der Waals surface area contributed by atoms with Crippen molar-refractivity contribution in [2.24, 2.45) is 5.92 Å². The number of fused-ring (bicyclic) bond motifs is 4. The highest BCUT2D eigenvalue weighted by Gasteiger charge is 2.39. The van der Waals surface area contributed by atoms with Crippen molar-refractivity contribution < 1.29 is 9.59 Å². The number of pyridine rings is 1. The Labute approximate surface area is 135 Å². The molecule has 0 aliphatic heterocycles. The van der Waals surface area contributed by atoms with E-state index in [0.29, 0.717) is 18.4 Å². The van der Waals surface area contributed by atoms with Gasteiger partial charge in [0.15, 0.2) is 11.6 Å². The molecule has 2 aromatic rings. The van der Waals surface area contributed by atoms with Crippen LogP contribution < -0.4 is 0 Å². The number of rotatable bonds is 3. The molecule has 4 rings (SSSR count). The van der Waals surface area contributed by atoms with E-state index in [9.17, 15) is 9.59 Å². The Morgan fingerprint density at radius 2 is 1.91 bits per heavy atom. The molecule has 0 fully saturated rings. The smallest absolute Gasteiger partial charge is 0.165 e. The lowest BCUT2D eigenvalue weighted by Crippen LogP contribution is -2.19. The number of hydrogen-bond donors (Lipinski definition) is 0. The fourth-order valence-corrected chi connectivity index (χ4v) is 3.85. The number of Topliss-reactive ketones (excluding diaryl/α,β-unsaturated/α-hetero) is 2. The maximum atomic E-state index is 12.5. The molecule has 0 saturated carbocycles. The van der Waals surface area contributed by atoms with Gasteiger partial charge in [0.25, 0.3) is 0 Å². The summed E-state index contributed by atoms with van der Waals surface area (Å²) in [6, 6.07) is 9.80. The molecule has 0 spiro atoms. The van der Waals surface area contributed by atoms with Gasteiger partial charge >= 0.3 is 0 Å². The van der Waals surface area contributed by atoms with Crippen molar-refractivity contribution in [3.05, 3.63) is 47.2 Å². The molecule has 0 radical (unpaired) electrons. The van der Waals surface area contributed by atoms with Crippen LogP contribution in [0.3, 0.4) is 0 Å². The van der Waals surface area contributed by atoms with E-state index in [1.54, 1.807) is 0 Å². The zero-order valence-corrected chi connectivity index (χ0v) is 13.3. The number of aromatic nitrogens is 1. The number of para-hydroxylation sites is 1. The highest BCUT2D eigenvalue weighted by Crippen LogP contribution is 2.45. The van der Waals surface area contributed by atoms with Gasteiger partial charge in [0.05, 0.1) is 11.2 Å². The van der Waals surface area contributed by atoms with Crippen molar-refractivity contribution in [1.29, 1.82) is 0 Å². The average Bonchev–Trinajstić information content (AvgIpc) is 2.87. The first-order chi connectivity index (χ1) is 11.2. The van der Waals surface area contributed by atoms with Gasteiger partial charge in [0.1, 0.15) is 0 Å². The summed E-state index contributed by atoms with van der Waals surface area (Å²) >= 11 is 0. The second kappa shape index (κ2) is 5.41. The van der Waals surface area contributed by atoms with Crippen LogP contribution in [-0.2, 0) is 4.79 Å². The second-order valence-electron chi connectivity index (χ2n) is 6.52. The van der Waals surface area contributed by atoms with E-state index in [0.717, 1.165) is 47.0 Å². The van der Waals surface area contributed by atoms with Crippen LogP contribution in [-0.4, -0.2) is 16.6 Å². The third kappa shape index (κ3) is 2.23. The third-order valence-electron chi connectivity index (χ3n) is 4.99. The van der Waals surface area contributed by atoms with E-state index in [-0.39, 0.29) is 17.5 Å². The van der Waals surface area contributed by atoms with Crippen molar-refractivity contribution in [1.82, 2.24) is 4.98 Å². The molecule has 1 aromatic heterocycles. The van der Waals surface area contributed by atoms with Gasteiger partial charge in [-0.1, -0.05) is 31.5 Å². The molecule has 116 valence electrons. The minimum atomic E-state index is 0.0445. The average molecular weight is 305 g/mol. The SMILES string of the molecule is CCCCC1=C2c3nc4ccccc4cc3C(=O)CC2CC1=O. The first-order valence-corrected chi connectivity index (χ1v) is 8.38. The molecule has 0 saturated heterocycles. The van der Waals surface area contributed by atoms with Gasteiger partial charge in [-0.15, -0.1) is 0 Å². The summed E-state index contributed by atoms with van der Waals surface area (Å²) in [4.78, 5) is 29.7. The first kappa shape index (κ1) is 14.3. The van der Waals surface area contributed by atoms with Gasteiger partial charge in [-0.2, -0.15) is 0 Å². The van der Waals surface area contributed by atoms with Gasteiger partial charge in [-0.25, -0.2) is 4.98 Å². The molecule has 0 N–H and O–H groups in total. The quantitative estimate of drug-likeness (QED) is 0.846. The fourth-order valence-electron chi connectivity index (χ4n) is 3.85. The first-order valence-electron chi connectivity index (χ1n) is 8.38. The van der Waals surface area contributed by atoms with Gasteiger partial charge in [-0.3, -0.25) is 9.59 Å². The Morgan fingerprint density at radius 3 is 2.74 bits per heavy atom. The molecule has 2 aliphatic rings. The lowest BCUT2D eigenvalue weighted by molar-refractivity contribution is -0.115. The molecule has 3 heteroatoms. The Bertz CT molecular complexity index is 863. The Balaban J connectivity index is 1.95. The molecule has 1 atom stereocenters. The predicted octanol–water partition coefficient (Wildman–Crippen LogP) is 4.35. The van der Waals surface area contributed by atoms with Gasteiger partial charge in [0, 0.05) is 35.3 Å². The second-order valence-corrected chi connectivity index (χ2v) is 6.52. The number of carbonyl (C=O) groups excluding carboxylic acids is 2. The van der Waals surface area contributed by atoms with E-state index in [1.165, 1.54) is 0 Å². The van der Waals surface area contributed by atoms with Gasteiger partial charge in [0.2, 0.25) is 0 Å². The highest BCUT2D eigenvalue weighted by molar-refractivity contribution is 6.14. The van der Waals surface area contributed by atoms with Crippen molar-refractivity contribution in [2.75, 3.05) is 0 Å². The van der Waals surface area contributed by atoms with E-state index in [4.69, 9.17) is 4.98 Å². The fraction of sp³-hybridized carbons (Fsp3) is 0.350. The maximum Gasteiger partial charge on any atom is 0.165 e. The minimum absolute atomic E-state index is 0.0445. The molecule has 3 nitrogen and oxygen atoms in total. The number of benzene rings is 1. The summed E-state index contributed by atoms with van der Waals surface area (Å²) in [5, 5.41) is 0.984. The van der Waals surface area contributed by atoms with E-state index < -0.39 is 0 Å². The van der Waals surface area contributed by atoms with Crippen LogP contribution in [0.2, 0.25) is 0 Å². The normalized spacial score (nSPS) is 20.1. The summed E-state index contributed by atoms with van der Waals surface area (Å²) in [6.45, 7) is 2.13. The number of allylic oxidation sites excluding steroid dienone is 2. The van der Waals surface area contributed by atoms with Crippen LogP contribution in [0, 0.1) is 5.92 Å². The lowest BCUT2D eigenvalue weighted by atomic mass is 9.81. The van der Waals surface area contributed by atoms with E-state index >= 15 is 0 Å². The number of nitrogens with zero attached hydrogens (tertiary/aromatic N) is 1. The monoisotopic (exact) mass is 305 g/mol. The van der Waals surface area contributed by atoms with E-state index in [2.05, 4.69) is 6.92 Å². The van der Waals surface area contributed by atoms with Crippen molar-refractivity contribution in [3.8, 4) is 0 Å². The topological polar surface area (TPSA) is 47.0 Å². The molecule has 0 amide bonds. The van der Waals surface area contributed by atoms with Crippen LogP contribution in [0.15, 0.2) is 35.9 Å². The Hall–Kier alpha value is -2.29. The summed E-state index contributed by atoms with van der Waals surface area (Å²) in [7, 11) is 0. The summed E-state index contributed by atoms with van der Waals surface area (Å²) in [5.41, 5.74) is 4.33. The Morgan fingerprint density at radius 1 is 1.13 bits per heavy atom. The maximum absolute atomic E-state index is 12.5. The molecule has 23 heavy (non-hydrogen) atoms. The summed E-state index contributed by atoms with van der Waals surface area (Å²) in [6.07, 6.45) is 3.81. The zero-order chi connectivity index (χ0) is 16.0. The summed E-state index contributed by atoms with van der Waals surface area (Å²) in [5.74, 6) is 0.383. The van der Waals surface area contributed by atoms with Crippen LogP contribution in [0.1, 0.15) is 55.1 Å². The summed E-state index contributed by atoms with van der Waals surface area (Å²) < 4.78 is 0. The molecule has 1 heterocycles. The van der Waals surface area contributed by atoms with E-state index in [1.807, 2.05) is 30.3 Å². The van der Waals surface area contributed by atoms with Crippen LogP contribution in [0.4, 0.5) is 0 Å². The van der Waals surface area contributed by atoms with Crippen LogP contribution in [0.5, 0.6) is 0 Å². The number of hydrogen-bond acceptors (Lipinski definition) is 3. The Kier molecular flexibility index (Phi) is 3.37. The molecular formula is C20H19NO2. The third-order valence-corrected chi connectivity index (χ3v) is 4.99. The molecular weight excluding hydrogens is 286 g/mol. The number of unbranched alkanes of at least 4 members (excludes halogenated alkanes) is 1. The molecule has 1 aromatic carbocycles. The predicted molar refractivity (Wildman–Crippen MR) is 90.2 cm³/mol. The van der Waals surface area contributed by atoms with Crippen LogP contribution in [0.25, 0.3) is 16.5 Å². The van der Waals surface area contributed by atoms with Crippen LogP contribution >= 0.6 is 0 Å². The van der Waals surface area contributed by atoms with Gasteiger partial charge in [-0.05, 0) is 30.5 Å². The molecule has 0 bridgehead atoms. The van der Waals surface area contributed by atoms with Crippen molar-refractivity contribution in [3.63, 3.8) is 0 Å². The van der Waals surface area contributed by atoms with Crippen molar-refractivity contribution >= 4 is 28.0 Å². The largest absolute Gasteiger partial charge is 0.295 e. The number of carbonyl (C=O) groups is 2. The zero-order valence-electron chi connectivity index (χ0n) is 13.3. The molecule has 2 aliphatic carbocycles. The lowest BCUT2D eigenvalue weighted by Gasteiger charge is -2.23. The highest BCUT2D eigenvalue weighted by atomic mass is 16.1. The minimum Gasteiger partial charge on any atom is -0.295 e. The standard InChI is InChI=1S/C20H19NO2/c1-2-3-7-14-17(22)10-13-11-18(23)15-9-12-6-4-5-8-16(12)21-20(15)19(13)14/h4-6,8-9,13H,2-3,7,10-11H2,1H3. The van der Waals surface area contributed by atoms with Crippen molar-refractivity contribution in [2.45, 2.75) is 39.0 Å².